The van der Waals surface area contributed by atoms with E-state index in [4.69, 9.17) is 0 Å². The number of pyridine rings is 1. The van der Waals surface area contributed by atoms with E-state index in [1.165, 1.54) is 38.8 Å². The third kappa shape index (κ3) is 3.02. The lowest BCUT2D eigenvalue weighted by Crippen LogP contribution is -2.42. The van der Waals surface area contributed by atoms with Crippen LogP contribution in [0.1, 0.15) is 25.7 Å². The number of nitrogens with zero attached hydrogens (tertiary/aromatic N) is 1. The zero-order valence-electron chi connectivity index (χ0n) is 12.8. The van der Waals surface area contributed by atoms with Gasteiger partial charge in [-0.15, -0.1) is 0 Å². The molecule has 0 radical (unpaired) electrons. The van der Waals surface area contributed by atoms with Crippen molar-refractivity contribution in [2.75, 3.05) is 25.0 Å². The van der Waals surface area contributed by atoms with Gasteiger partial charge < -0.3 is 15.2 Å². The molecule has 1 saturated carbocycles. The Morgan fingerprint density at radius 1 is 1.23 bits per heavy atom. The summed E-state index contributed by atoms with van der Waals surface area (Å²) in [6, 6.07) is 8.51. The summed E-state index contributed by atoms with van der Waals surface area (Å²) in [6.45, 7) is 3.68. The number of rotatable bonds is 4. The van der Waals surface area contributed by atoms with Gasteiger partial charge in [0.15, 0.2) is 0 Å². The van der Waals surface area contributed by atoms with Crippen LogP contribution in [0.15, 0.2) is 35.3 Å². The van der Waals surface area contributed by atoms with Crippen LogP contribution >= 0.6 is 0 Å². The number of hydrogen-bond donors (Lipinski definition) is 2. The average molecular weight is 297 g/mol. The van der Waals surface area contributed by atoms with Gasteiger partial charge in [0.2, 0.25) is 0 Å². The number of H-pyrrole nitrogens is 1. The topological polar surface area (TPSA) is 48.1 Å². The Kier molecular flexibility index (Phi) is 3.62. The van der Waals surface area contributed by atoms with Crippen LogP contribution in [0.2, 0.25) is 0 Å². The summed E-state index contributed by atoms with van der Waals surface area (Å²) >= 11 is 0. The molecule has 0 spiro atoms. The molecule has 1 aliphatic heterocycles. The number of anilines is 1. The molecular weight excluding hydrogens is 274 g/mol. The molecule has 0 amide bonds. The number of aromatic amines is 1. The average Bonchev–Trinajstić information content (AvgIpc) is 3.32. The summed E-state index contributed by atoms with van der Waals surface area (Å²) in [5, 5.41) is 5.42. The van der Waals surface area contributed by atoms with Gasteiger partial charge in [-0.2, -0.15) is 0 Å². The summed E-state index contributed by atoms with van der Waals surface area (Å²) < 4.78 is 0. The maximum atomic E-state index is 11.7. The van der Waals surface area contributed by atoms with Crippen molar-refractivity contribution in [2.45, 2.75) is 31.7 Å². The van der Waals surface area contributed by atoms with Crippen molar-refractivity contribution in [3.8, 4) is 0 Å². The second kappa shape index (κ2) is 5.76. The normalized spacial score (nSPS) is 22.8. The lowest BCUT2D eigenvalue weighted by Gasteiger charge is -2.33. The van der Waals surface area contributed by atoms with E-state index in [1.807, 2.05) is 18.2 Å². The van der Waals surface area contributed by atoms with Crippen molar-refractivity contribution in [1.82, 2.24) is 9.88 Å². The number of nitrogens with one attached hydrogen (secondary N) is 2. The molecule has 1 aromatic heterocycles. The van der Waals surface area contributed by atoms with E-state index < -0.39 is 0 Å². The Bertz CT molecular complexity index is 720. The Labute approximate surface area is 130 Å². The Hall–Kier alpha value is -1.81. The van der Waals surface area contributed by atoms with Gasteiger partial charge in [-0.25, -0.2) is 0 Å². The molecule has 116 valence electrons. The number of piperidine rings is 1. The molecular formula is C18H23N3O. The molecule has 1 aromatic carbocycles. The monoisotopic (exact) mass is 297 g/mol. The largest absolute Gasteiger partial charge is 0.381 e. The van der Waals surface area contributed by atoms with Gasteiger partial charge in [0, 0.05) is 36.4 Å². The summed E-state index contributed by atoms with van der Waals surface area (Å²) in [5.74, 6) is 0.964. The number of aromatic nitrogens is 1. The van der Waals surface area contributed by atoms with Crippen LogP contribution in [0.4, 0.5) is 5.69 Å². The molecule has 1 aliphatic carbocycles. The van der Waals surface area contributed by atoms with E-state index in [0.717, 1.165) is 28.9 Å². The maximum absolute atomic E-state index is 11.7. The fourth-order valence-electron chi connectivity index (χ4n) is 3.52. The van der Waals surface area contributed by atoms with E-state index in [0.29, 0.717) is 6.04 Å². The van der Waals surface area contributed by atoms with Crippen LogP contribution < -0.4 is 10.9 Å². The first-order valence-corrected chi connectivity index (χ1v) is 8.38. The van der Waals surface area contributed by atoms with Gasteiger partial charge in [0.25, 0.3) is 5.56 Å². The second-order valence-corrected chi connectivity index (χ2v) is 6.80. The molecule has 2 N–H and O–H groups in total. The van der Waals surface area contributed by atoms with Crippen molar-refractivity contribution in [2.24, 2.45) is 5.92 Å². The first-order valence-electron chi connectivity index (χ1n) is 8.38. The molecule has 4 rings (SSSR count). The van der Waals surface area contributed by atoms with E-state index in [2.05, 4.69) is 21.3 Å². The third-order valence-electron chi connectivity index (χ3n) is 4.86. The zero-order chi connectivity index (χ0) is 14.9. The van der Waals surface area contributed by atoms with E-state index in [1.54, 1.807) is 6.20 Å². The van der Waals surface area contributed by atoms with Gasteiger partial charge in [-0.3, -0.25) is 4.79 Å². The Balaban J connectivity index is 1.46. The fourth-order valence-corrected chi connectivity index (χ4v) is 3.52. The smallest absolute Gasteiger partial charge is 0.255 e. The summed E-state index contributed by atoms with van der Waals surface area (Å²) in [4.78, 5) is 17.1. The maximum Gasteiger partial charge on any atom is 0.255 e. The Morgan fingerprint density at radius 3 is 3.00 bits per heavy atom. The van der Waals surface area contributed by atoms with Crippen LogP contribution in [0.25, 0.3) is 10.8 Å². The van der Waals surface area contributed by atoms with Crippen LogP contribution in [-0.4, -0.2) is 35.6 Å². The number of benzene rings is 1. The van der Waals surface area contributed by atoms with Crippen molar-refractivity contribution in [3.05, 3.63) is 40.8 Å². The van der Waals surface area contributed by atoms with Crippen molar-refractivity contribution in [3.63, 3.8) is 0 Å². The first-order chi connectivity index (χ1) is 10.8. The SMILES string of the molecule is O=c1[nH]ccc2cc(N[C@@H]3CCCN(CC4CC4)C3)ccc12. The van der Waals surface area contributed by atoms with Gasteiger partial charge in [-0.1, -0.05) is 0 Å². The van der Waals surface area contributed by atoms with Gasteiger partial charge >= 0.3 is 0 Å². The van der Waals surface area contributed by atoms with Crippen LogP contribution in [0, 0.1) is 5.92 Å². The highest BCUT2D eigenvalue weighted by molar-refractivity contribution is 5.84. The van der Waals surface area contributed by atoms with Crippen molar-refractivity contribution < 1.29 is 0 Å². The molecule has 2 aliphatic rings. The minimum absolute atomic E-state index is 0.0164. The van der Waals surface area contributed by atoms with E-state index in [-0.39, 0.29) is 5.56 Å². The van der Waals surface area contributed by atoms with E-state index in [9.17, 15) is 4.79 Å². The summed E-state index contributed by atoms with van der Waals surface area (Å²) in [5.41, 5.74) is 1.11. The molecule has 4 heteroatoms. The fraction of sp³-hybridized carbons (Fsp3) is 0.500. The second-order valence-electron chi connectivity index (χ2n) is 6.80. The molecule has 2 heterocycles. The molecule has 2 fully saturated rings. The quantitative estimate of drug-likeness (QED) is 0.912. The molecule has 1 saturated heterocycles. The van der Waals surface area contributed by atoms with Gasteiger partial charge in [-0.05, 0) is 67.8 Å². The molecule has 2 aromatic rings. The van der Waals surface area contributed by atoms with Crippen LogP contribution in [0.5, 0.6) is 0 Å². The number of fused-ring (bicyclic) bond motifs is 1. The lowest BCUT2D eigenvalue weighted by molar-refractivity contribution is 0.208. The first kappa shape index (κ1) is 13.8. The predicted molar refractivity (Wildman–Crippen MR) is 90.4 cm³/mol. The standard InChI is InChI=1S/C18H23N3O/c22-18-17-6-5-15(10-14(17)7-8-19-18)20-16-2-1-9-21(12-16)11-13-3-4-13/h5-8,10,13,16,20H,1-4,9,11-12H2,(H,19,22)/t16-/m1/s1. The minimum Gasteiger partial charge on any atom is -0.381 e. The van der Waals surface area contributed by atoms with Gasteiger partial charge in [0.1, 0.15) is 0 Å². The predicted octanol–water partition coefficient (Wildman–Crippen LogP) is 2.81. The van der Waals surface area contributed by atoms with Crippen molar-refractivity contribution >= 4 is 16.5 Å². The highest BCUT2D eigenvalue weighted by Crippen LogP contribution is 2.30. The summed E-state index contributed by atoms with van der Waals surface area (Å²) in [7, 11) is 0. The highest BCUT2D eigenvalue weighted by Gasteiger charge is 2.27. The molecule has 0 unspecified atom stereocenters. The molecule has 4 nitrogen and oxygen atoms in total. The van der Waals surface area contributed by atoms with Crippen molar-refractivity contribution in [1.29, 1.82) is 0 Å². The number of hydrogen-bond acceptors (Lipinski definition) is 3. The summed E-state index contributed by atoms with van der Waals surface area (Å²) in [6.07, 6.45) is 7.07. The molecule has 0 bridgehead atoms. The van der Waals surface area contributed by atoms with Crippen LogP contribution in [-0.2, 0) is 0 Å². The molecule has 22 heavy (non-hydrogen) atoms. The van der Waals surface area contributed by atoms with E-state index >= 15 is 0 Å². The number of likely N-dealkylation sites (tertiary alicyclic amines) is 1. The van der Waals surface area contributed by atoms with Gasteiger partial charge in [0.05, 0.1) is 0 Å². The Morgan fingerprint density at radius 2 is 2.14 bits per heavy atom. The van der Waals surface area contributed by atoms with Crippen LogP contribution in [0.3, 0.4) is 0 Å². The lowest BCUT2D eigenvalue weighted by atomic mass is 10.0. The highest BCUT2D eigenvalue weighted by atomic mass is 16.1. The molecule has 1 atom stereocenters. The minimum atomic E-state index is -0.0164. The third-order valence-corrected chi connectivity index (χ3v) is 4.86. The zero-order valence-corrected chi connectivity index (χ0v) is 12.8.